The molecule has 0 amide bonds. The molecule has 0 bridgehead atoms. The third kappa shape index (κ3) is 3.01. The summed E-state index contributed by atoms with van der Waals surface area (Å²) in [5.74, 6) is 1.43. The lowest BCUT2D eigenvalue weighted by Crippen LogP contribution is -2.29. The highest BCUT2D eigenvalue weighted by molar-refractivity contribution is 7.71. The van der Waals surface area contributed by atoms with Gasteiger partial charge < -0.3 is 15.2 Å². The van der Waals surface area contributed by atoms with Crippen molar-refractivity contribution in [2.45, 2.75) is 33.0 Å². The Morgan fingerprint density at radius 3 is 2.80 bits per heavy atom. The summed E-state index contributed by atoms with van der Waals surface area (Å²) < 4.78 is 13.6. The number of methoxy groups -OCH3 is 1. The van der Waals surface area contributed by atoms with E-state index in [0.29, 0.717) is 40.7 Å². The maximum atomic E-state index is 9.72. The van der Waals surface area contributed by atoms with E-state index in [2.05, 4.69) is 19.9 Å². The van der Waals surface area contributed by atoms with Crippen LogP contribution in [0.25, 0.3) is 5.69 Å². The molecule has 0 saturated carbocycles. The lowest BCUT2D eigenvalue weighted by atomic mass is 9.91. The zero-order chi connectivity index (χ0) is 18.1. The molecule has 3 rings (SSSR count). The molecule has 0 saturated heterocycles. The fourth-order valence-corrected chi connectivity index (χ4v) is 3.56. The van der Waals surface area contributed by atoms with Crippen LogP contribution in [0.2, 0.25) is 0 Å². The van der Waals surface area contributed by atoms with Crippen LogP contribution >= 0.6 is 12.2 Å². The van der Waals surface area contributed by atoms with Crippen molar-refractivity contribution in [3.63, 3.8) is 0 Å². The fourth-order valence-electron chi connectivity index (χ4n) is 3.17. The molecule has 2 aromatic rings. The van der Waals surface area contributed by atoms with Gasteiger partial charge >= 0.3 is 0 Å². The number of nitriles is 1. The molecule has 1 aromatic heterocycles. The standard InChI is InChI=1S/C19H21N3O2S/c1-11(2)17-8-14-15(9-20)18(21)22(19(25)16(14)10-24-17)12-5-4-6-13(7-12)23-3/h4-7,11,17H,8,10,21H2,1-3H3/t17-/m0/s1. The van der Waals surface area contributed by atoms with Crippen molar-refractivity contribution in [1.82, 2.24) is 4.57 Å². The van der Waals surface area contributed by atoms with Crippen LogP contribution in [0.1, 0.15) is 30.5 Å². The van der Waals surface area contributed by atoms with Crippen molar-refractivity contribution in [2.24, 2.45) is 5.92 Å². The van der Waals surface area contributed by atoms with E-state index in [4.69, 9.17) is 27.4 Å². The minimum atomic E-state index is 0.0704. The van der Waals surface area contributed by atoms with Crippen LogP contribution in [0.5, 0.6) is 5.75 Å². The number of aromatic nitrogens is 1. The summed E-state index contributed by atoms with van der Waals surface area (Å²) in [6.07, 6.45) is 0.726. The largest absolute Gasteiger partial charge is 0.497 e. The van der Waals surface area contributed by atoms with Gasteiger partial charge in [-0.3, -0.25) is 4.57 Å². The van der Waals surface area contributed by atoms with Crippen molar-refractivity contribution in [3.05, 3.63) is 45.6 Å². The summed E-state index contributed by atoms with van der Waals surface area (Å²) in [7, 11) is 1.61. The summed E-state index contributed by atoms with van der Waals surface area (Å²) >= 11 is 5.69. The minimum Gasteiger partial charge on any atom is -0.497 e. The first-order valence-electron chi connectivity index (χ1n) is 8.20. The Bertz CT molecular complexity index is 912. The molecule has 0 radical (unpaired) electrons. The molecule has 0 aliphatic carbocycles. The van der Waals surface area contributed by atoms with Gasteiger partial charge in [-0.25, -0.2) is 0 Å². The van der Waals surface area contributed by atoms with Crippen LogP contribution in [0, 0.1) is 21.9 Å². The van der Waals surface area contributed by atoms with Gasteiger partial charge in [-0.05, 0) is 23.6 Å². The third-order valence-electron chi connectivity index (χ3n) is 4.64. The van der Waals surface area contributed by atoms with Gasteiger partial charge in [0.25, 0.3) is 0 Å². The van der Waals surface area contributed by atoms with E-state index in [9.17, 15) is 5.26 Å². The molecule has 5 nitrogen and oxygen atoms in total. The van der Waals surface area contributed by atoms with E-state index in [1.807, 2.05) is 24.3 Å². The van der Waals surface area contributed by atoms with Gasteiger partial charge in [0.2, 0.25) is 0 Å². The van der Waals surface area contributed by atoms with E-state index in [-0.39, 0.29) is 6.10 Å². The second-order valence-electron chi connectivity index (χ2n) is 6.47. The van der Waals surface area contributed by atoms with Crippen molar-refractivity contribution in [1.29, 1.82) is 5.26 Å². The number of fused-ring (bicyclic) bond motifs is 1. The minimum absolute atomic E-state index is 0.0704. The summed E-state index contributed by atoms with van der Waals surface area (Å²) in [5, 5.41) is 9.72. The van der Waals surface area contributed by atoms with E-state index >= 15 is 0 Å². The van der Waals surface area contributed by atoms with Gasteiger partial charge in [0.15, 0.2) is 0 Å². The van der Waals surface area contributed by atoms with Gasteiger partial charge in [-0.1, -0.05) is 32.1 Å². The number of nitrogens with zero attached hydrogens (tertiary/aromatic N) is 2. The lowest BCUT2D eigenvalue weighted by molar-refractivity contribution is -0.000853. The number of pyridine rings is 1. The Kier molecular flexibility index (Phi) is 4.80. The molecule has 1 aromatic carbocycles. The Morgan fingerprint density at radius 1 is 1.40 bits per heavy atom. The first-order valence-corrected chi connectivity index (χ1v) is 8.61. The number of hydrogen-bond acceptors (Lipinski definition) is 5. The Labute approximate surface area is 152 Å². The van der Waals surface area contributed by atoms with Crippen molar-refractivity contribution in [2.75, 3.05) is 12.8 Å². The molecule has 6 heteroatoms. The predicted octanol–water partition coefficient (Wildman–Crippen LogP) is 3.77. The van der Waals surface area contributed by atoms with Gasteiger partial charge in [0.1, 0.15) is 22.3 Å². The highest BCUT2D eigenvalue weighted by atomic mass is 32.1. The average molecular weight is 355 g/mol. The van der Waals surface area contributed by atoms with E-state index < -0.39 is 0 Å². The Morgan fingerprint density at radius 2 is 2.16 bits per heavy atom. The normalized spacial score (nSPS) is 16.4. The summed E-state index contributed by atoms with van der Waals surface area (Å²) in [6, 6.07) is 9.73. The van der Waals surface area contributed by atoms with Crippen LogP contribution < -0.4 is 10.5 Å². The Hall–Kier alpha value is -2.36. The summed E-state index contributed by atoms with van der Waals surface area (Å²) in [4.78, 5) is 0. The molecule has 2 N–H and O–H groups in total. The first kappa shape index (κ1) is 17.5. The van der Waals surface area contributed by atoms with Gasteiger partial charge in [0.05, 0.1) is 31.1 Å². The van der Waals surface area contributed by atoms with Crippen molar-refractivity contribution in [3.8, 4) is 17.5 Å². The molecule has 0 fully saturated rings. The van der Waals surface area contributed by atoms with Crippen LogP contribution in [0.15, 0.2) is 24.3 Å². The monoisotopic (exact) mass is 355 g/mol. The van der Waals surface area contributed by atoms with Crippen LogP contribution in [0.4, 0.5) is 5.82 Å². The molecule has 0 unspecified atom stereocenters. The molecule has 2 heterocycles. The van der Waals surface area contributed by atoms with Crippen LogP contribution in [0.3, 0.4) is 0 Å². The zero-order valence-corrected chi connectivity index (χ0v) is 15.4. The second-order valence-corrected chi connectivity index (χ2v) is 6.86. The number of nitrogen functional groups attached to an aromatic ring is 1. The maximum Gasteiger partial charge on any atom is 0.127 e. The van der Waals surface area contributed by atoms with E-state index in [0.717, 1.165) is 16.8 Å². The average Bonchev–Trinajstić information content (AvgIpc) is 2.62. The van der Waals surface area contributed by atoms with Gasteiger partial charge in [0, 0.05) is 18.1 Å². The molecule has 25 heavy (non-hydrogen) atoms. The summed E-state index contributed by atoms with van der Waals surface area (Å²) in [5.41, 5.74) is 9.41. The number of ether oxygens (including phenoxy) is 2. The number of hydrogen-bond donors (Lipinski definition) is 1. The fraction of sp³-hybridized carbons (Fsp3) is 0.368. The number of rotatable bonds is 3. The maximum absolute atomic E-state index is 9.72. The molecule has 1 aliphatic rings. The number of benzene rings is 1. The van der Waals surface area contributed by atoms with Crippen molar-refractivity contribution < 1.29 is 9.47 Å². The molecule has 130 valence electrons. The molecule has 0 spiro atoms. The van der Waals surface area contributed by atoms with Gasteiger partial charge in [-0.15, -0.1) is 0 Å². The molecule has 1 atom stereocenters. The topological polar surface area (TPSA) is 73.2 Å². The SMILES string of the molecule is COc1cccc(-n2c(N)c(C#N)c3c(c2=S)CO[C@H](C(C)C)C3)c1. The van der Waals surface area contributed by atoms with E-state index in [1.165, 1.54) is 0 Å². The highest BCUT2D eigenvalue weighted by Gasteiger charge is 2.28. The second kappa shape index (κ2) is 6.87. The molecular formula is C19H21N3O2S. The zero-order valence-electron chi connectivity index (χ0n) is 14.6. The first-order chi connectivity index (χ1) is 12.0. The Balaban J connectivity index is 2.23. The van der Waals surface area contributed by atoms with Crippen LogP contribution in [-0.4, -0.2) is 17.8 Å². The number of anilines is 1. The van der Waals surface area contributed by atoms with Crippen molar-refractivity contribution >= 4 is 18.0 Å². The highest BCUT2D eigenvalue weighted by Crippen LogP contribution is 2.33. The molecule has 1 aliphatic heterocycles. The number of nitrogens with two attached hydrogens (primary N) is 1. The van der Waals surface area contributed by atoms with Crippen LogP contribution in [-0.2, 0) is 17.8 Å². The van der Waals surface area contributed by atoms with E-state index in [1.54, 1.807) is 11.7 Å². The smallest absolute Gasteiger partial charge is 0.127 e. The lowest BCUT2D eigenvalue weighted by Gasteiger charge is -2.30. The predicted molar refractivity (Wildman–Crippen MR) is 99.4 cm³/mol. The summed E-state index contributed by atoms with van der Waals surface area (Å²) in [6.45, 7) is 4.62. The van der Waals surface area contributed by atoms with Gasteiger partial charge in [-0.2, -0.15) is 5.26 Å². The molecular weight excluding hydrogens is 334 g/mol. The quantitative estimate of drug-likeness (QED) is 0.849. The third-order valence-corrected chi connectivity index (χ3v) is 5.07.